The number of ether oxygens (including phenoxy) is 1. The SMILES string of the molecule is C=CC(=O)Nc1cc(N)c(OC)cc1N(C)C1CCN(C)C1. The number of nitrogens with one attached hydrogen (secondary N) is 1. The Morgan fingerprint density at radius 1 is 1.59 bits per heavy atom. The molecule has 0 aromatic heterocycles. The van der Waals surface area contributed by atoms with Crippen LogP contribution >= 0.6 is 0 Å². The summed E-state index contributed by atoms with van der Waals surface area (Å²) >= 11 is 0. The zero-order chi connectivity index (χ0) is 16.3. The number of likely N-dealkylation sites (N-methyl/N-ethyl adjacent to an activating group) is 2. The summed E-state index contributed by atoms with van der Waals surface area (Å²) in [6, 6.07) is 3.98. The molecule has 1 atom stereocenters. The molecule has 1 aromatic rings. The maximum Gasteiger partial charge on any atom is 0.247 e. The summed E-state index contributed by atoms with van der Waals surface area (Å²) in [5.41, 5.74) is 8.01. The number of nitrogens with zero attached hydrogens (tertiary/aromatic N) is 2. The fourth-order valence-electron chi connectivity index (χ4n) is 2.76. The van der Waals surface area contributed by atoms with Crippen molar-refractivity contribution in [1.82, 2.24) is 4.90 Å². The van der Waals surface area contributed by atoms with E-state index in [0.717, 1.165) is 25.2 Å². The largest absolute Gasteiger partial charge is 0.495 e. The number of amides is 1. The minimum atomic E-state index is -0.261. The fraction of sp³-hybridized carbons (Fsp3) is 0.438. The van der Waals surface area contributed by atoms with Crippen molar-refractivity contribution in [3.63, 3.8) is 0 Å². The number of nitrogens with two attached hydrogens (primary N) is 1. The molecule has 22 heavy (non-hydrogen) atoms. The van der Waals surface area contributed by atoms with Crippen LogP contribution in [-0.2, 0) is 4.79 Å². The summed E-state index contributed by atoms with van der Waals surface area (Å²) in [6.07, 6.45) is 2.32. The minimum Gasteiger partial charge on any atom is -0.495 e. The van der Waals surface area contributed by atoms with Crippen LogP contribution in [0.5, 0.6) is 5.75 Å². The predicted molar refractivity (Wildman–Crippen MR) is 90.5 cm³/mol. The third-order valence-corrected chi connectivity index (χ3v) is 4.09. The van der Waals surface area contributed by atoms with Crippen LogP contribution in [0.25, 0.3) is 0 Å². The van der Waals surface area contributed by atoms with Gasteiger partial charge in [-0.05, 0) is 32.2 Å². The number of benzene rings is 1. The molecule has 1 aromatic carbocycles. The van der Waals surface area contributed by atoms with E-state index in [9.17, 15) is 4.79 Å². The van der Waals surface area contributed by atoms with Crippen molar-refractivity contribution in [1.29, 1.82) is 0 Å². The molecule has 2 rings (SSSR count). The molecule has 1 unspecified atom stereocenters. The highest BCUT2D eigenvalue weighted by molar-refractivity contribution is 6.02. The first-order valence-corrected chi connectivity index (χ1v) is 7.28. The first-order valence-electron chi connectivity index (χ1n) is 7.28. The molecule has 120 valence electrons. The van der Waals surface area contributed by atoms with Crippen LogP contribution in [0.2, 0.25) is 0 Å². The monoisotopic (exact) mass is 304 g/mol. The number of likely N-dealkylation sites (tertiary alicyclic amines) is 1. The lowest BCUT2D eigenvalue weighted by Gasteiger charge is -2.29. The van der Waals surface area contributed by atoms with Gasteiger partial charge in [-0.25, -0.2) is 0 Å². The molecule has 3 N–H and O–H groups in total. The molecule has 6 heteroatoms. The lowest BCUT2D eigenvalue weighted by Crippen LogP contribution is -2.34. The molecule has 1 heterocycles. The number of nitrogen functional groups attached to an aromatic ring is 1. The van der Waals surface area contributed by atoms with E-state index in [4.69, 9.17) is 10.5 Å². The quantitative estimate of drug-likeness (QED) is 0.638. The lowest BCUT2D eigenvalue weighted by atomic mass is 10.1. The fourth-order valence-corrected chi connectivity index (χ4v) is 2.76. The minimum absolute atomic E-state index is 0.261. The number of rotatable bonds is 5. The number of methoxy groups -OCH3 is 1. The van der Waals surface area contributed by atoms with E-state index in [1.165, 1.54) is 6.08 Å². The van der Waals surface area contributed by atoms with Gasteiger partial charge >= 0.3 is 0 Å². The Kier molecular flexibility index (Phi) is 4.92. The zero-order valence-corrected chi connectivity index (χ0v) is 13.4. The van der Waals surface area contributed by atoms with Crippen LogP contribution in [0, 0.1) is 0 Å². The summed E-state index contributed by atoms with van der Waals surface area (Å²) in [7, 11) is 5.72. The number of anilines is 3. The molecule has 0 aliphatic carbocycles. The highest BCUT2D eigenvalue weighted by atomic mass is 16.5. The Bertz CT molecular complexity index is 574. The predicted octanol–water partition coefficient (Wildman–Crippen LogP) is 1.54. The van der Waals surface area contributed by atoms with E-state index in [1.807, 2.05) is 13.1 Å². The van der Waals surface area contributed by atoms with Crippen LogP contribution in [0.1, 0.15) is 6.42 Å². The van der Waals surface area contributed by atoms with Gasteiger partial charge in [0.2, 0.25) is 5.91 Å². The van der Waals surface area contributed by atoms with Gasteiger partial charge < -0.3 is 25.6 Å². The van der Waals surface area contributed by atoms with Crippen molar-refractivity contribution in [3.8, 4) is 5.75 Å². The Morgan fingerprint density at radius 3 is 2.86 bits per heavy atom. The van der Waals surface area contributed by atoms with Gasteiger partial charge in [-0.15, -0.1) is 0 Å². The lowest BCUT2D eigenvalue weighted by molar-refractivity contribution is -0.111. The molecular formula is C16H24N4O2. The van der Waals surface area contributed by atoms with Crippen LogP contribution in [0.4, 0.5) is 17.1 Å². The molecule has 1 aliphatic rings. The molecule has 0 bridgehead atoms. The van der Waals surface area contributed by atoms with Gasteiger partial charge in [-0.2, -0.15) is 0 Å². The average Bonchev–Trinajstić information content (AvgIpc) is 2.93. The summed E-state index contributed by atoms with van der Waals surface area (Å²) in [6.45, 7) is 5.54. The Labute approximate surface area is 131 Å². The second-order valence-corrected chi connectivity index (χ2v) is 5.62. The molecule has 1 amide bonds. The van der Waals surface area contributed by atoms with E-state index in [0.29, 0.717) is 23.2 Å². The van der Waals surface area contributed by atoms with Gasteiger partial charge in [-0.3, -0.25) is 4.79 Å². The molecular weight excluding hydrogens is 280 g/mol. The maximum atomic E-state index is 11.7. The average molecular weight is 304 g/mol. The Balaban J connectivity index is 2.37. The first kappa shape index (κ1) is 16.2. The van der Waals surface area contributed by atoms with Gasteiger partial charge in [0.25, 0.3) is 0 Å². The Morgan fingerprint density at radius 2 is 2.32 bits per heavy atom. The molecule has 1 saturated heterocycles. The third kappa shape index (κ3) is 3.33. The zero-order valence-electron chi connectivity index (χ0n) is 13.4. The van der Waals surface area contributed by atoms with Crippen molar-refractivity contribution in [2.75, 3.05) is 50.2 Å². The van der Waals surface area contributed by atoms with Gasteiger partial charge in [0.05, 0.1) is 24.2 Å². The standard InChI is InChI=1S/C16H24N4O2/c1-5-16(21)18-13-8-12(17)15(22-4)9-14(13)20(3)11-6-7-19(2)10-11/h5,8-9,11H,1,6-7,10,17H2,2-4H3,(H,18,21). The molecule has 1 aliphatic heterocycles. The van der Waals surface area contributed by atoms with Crippen molar-refractivity contribution in [2.24, 2.45) is 0 Å². The number of hydrogen-bond donors (Lipinski definition) is 2. The van der Waals surface area contributed by atoms with E-state index in [1.54, 1.807) is 13.2 Å². The smallest absolute Gasteiger partial charge is 0.247 e. The van der Waals surface area contributed by atoms with Crippen molar-refractivity contribution < 1.29 is 9.53 Å². The summed E-state index contributed by atoms with van der Waals surface area (Å²) < 4.78 is 5.31. The molecule has 0 spiro atoms. The van der Waals surface area contributed by atoms with Crippen LogP contribution in [0.15, 0.2) is 24.8 Å². The first-order chi connectivity index (χ1) is 10.5. The van der Waals surface area contributed by atoms with E-state index in [-0.39, 0.29) is 5.91 Å². The maximum absolute atomic E-state index is 11.7. The van der Waals surface area contributed by atoms with E-state index >= 15 is 0 Å². The van der Waals surface area contributed by atoms with E-state index in [2.05, 4.69) is 28.7 Å². The summed E-state index contributed by atoms with van der Waals surface area (Å²) in [5.74, 6) is 0.340. The van der Waals surface area contributed by atoms with Gasteiger partial charge in [-0.1, -0.05) is 6.58 Å². The van der Waals surface area contributed by atoms with Crippen LogP contribution in [0.3, 0.4) is 0 Å². The number of carbonyl (C=O) groups is 1. The third-order valence-electron chi connectivity index (χ3n) is 4.09. The van der Waals surface area contributed by atoms with Crippen molar-refractivity contribution in [3.05, 3.63) is 24.8 Å². The number of carbonyl (C=O) groups excluding carboxylic acids is 1. The van der Waals surface area contributed by atoms with Crippen molar-refractivity contribution >= 4 is 23.0 Å². The molecule has 0 radical (unpaired) electrons. The highest BCUT2D eigenvalue weighted by Crippen LogP contribution is 2.36. The second-order valence-electron chi connectivity index (χ2n) is 5.62. The summed E-state index contributed by atoms with van der Waals surface area (Å²) in [5, 5.41) is 2.82. The molecule has 1 fully saturated rings. The Hall–Kier alpha value is -2.21. The topological polar surface area (TPSA) is 70.8 Å². The van der Waals surface area contributed by atoms with Gasteiger partial charge in [0.15, 0.2) is 0 Å². The van der Waals surface area contributed by atoms with E-state index < -0.39 is 0 Å². The van der Waals surface area contributed by atoms with Crippen molar-refractivity contribution in [2.45, 2.75) is 12.5 Å². The number of hydrogen-bond acceptors (Lipinski definition) is 5. The summed E-state index contributed by atoms with van der Waals surface area (Å²) in [4.78, 5) is 16.1. The highest BCUT2D eigenvalue weighted by Gasteiger charge is 2.25. The van der Waals surface area contributed by atoms with Crippen LogP contribution < -0.4 is 20.7 Å². The second kappa shape index (κ2) is 6.70. The van der Waals surface area contributed by atoms with Crippen LogP contribution in [-0.4, -0.2) is 51.1 Å². The molecule has 6 nitrogen and oxygen atoms in total. The van der Waals surface area contributed by atoms with Gasteiger partial charge in [0, 0.05) is 25.7 Å². The normalized spacial score (nSPS) is 18.0. The van der Waals surface area contributed by atoms with Gasteiger partial charge in [0.1, 0.15) is 5.75 Å². The molecule has 0 saturated carbocycles.